The molecule has 0 spiro atoms. The van der Waals surface area contributed by atoms with Crippen molar-refractivity contribution in [2.24, 2.45) is 7.05 Å². The van der Waals surface area contributed by atoms with Crippen LogP contribution >= 0.6 is 11.6 Å². The fraction of sp³-hybridized carbons (Fsp3) is 0.333. The van der Waals surface area contributed by atoms with E-state index in [-0.39, 0.29) is 10.6 Å². The quantitative estimate of drug-likeness (QED) is 0.848. The lowest BCUT2D eigenvalue weighted by Gasteiger charge is -2.37. The maximum absolute atomic E-state index is 11.8. The van der Waals surface area contributed by atoms with Crippen LogP contribution in [0.1, 0.15) is 0 Å². The molecule has 0 radical (unpaired) electrons. The Hall–Kier alpha value is -2.01. The van der Waals surface area contributed by atoms with Crippen molar-refractivity contribution in [3.63, 3.8) is 0 Å². The Balaban J connectivity index is 1.75. The van der Waals surface area contributed by atoms with Gasteiger partial charge in [0.2, 0.25) is 0 Å². The van der Waals surface area contributed by atoms with Gasteiger partial charge in [0.25, 0.3) is 5.56 Å². The highest BCUT2D eigenvalue weighted by Gasteiger charge is 2.20. The number of hydrogen-bond donors (Lipinski definition) is 0. The number of halogens is 1. The molecule has 0 atom stereocenters. The molecule has 2 heterocycles. The van der Waals surface area contributed by atoms with E-state index in [0.29, 0.717) is 0 Å². The second kappa shape index (κ2) is 5.77. The van der Waals surface area contributed by atoms with E-state index < -0.39 is 0 Å². The van der Waals surface area contributed by atoms with Gasteiger partial charge >= 0.3 is 0 Å². The van der Waals surface area contributed by atoms with Crippen molar-refractivity contribution in [2.75, 3.05) is 36.0 Å². The number of benzene rings is 1. The fourth-order valence-electron chi connectivity index (χ4n) is 2.57. The zero-order valence-corrected chi connectivity index (χ0v) is 12.6. The molecule has 6 heteroatoms. The van der Waals surface area contributed by atoms with Gasteiger partial charge in [-0.1, -0.05) is 29.8 Å². The maximum atomic E-state index is 11.8. The standard InChI is InChI=1S/C15H17ClN4O/c1-18-15(21)14(16)13(11-17-18)20-9-7-19(8-10-20)12-5-3-2-4-6-12/h2-6,11H,7-10H2,1H3. The van der Waals surface area contributed by atoms with Gasteiger partial charge in [0.15, 0.2) is 0 Å². The summed E-state index contributed by atoms with van der Waals surface area (Å²) in [5, 5.41) is 4.31. The zero-order chi connectivity index (χ0) is 14.8. The van der Waals surface area contributed by atoms with Crippen LogP contribution in [0.25, 0.3) is 0 Å². The Morgan fingerprint density at radius 2 is 1.67 bits per heavy atom. The largest absolute Gasteiger partial charge is 0.368 e. The van der Waals surface area contributed by atoms with Crippen LogP contribution in [0.15, 0.2) is 41.3 Å². The van der Waals surface area contributed by atoms with Gasteiger partial charge in [0, 0.05) is 38.9 Å². The van der Waals surface area contributed by atoms with Gasteiger partial charge < -0.3 is 9.80 Å². The molecular weight excluding hydrogens is 288 g/mol. The highest BCUT2D eigenvalue weighted by molar-refractivity contribution is 6.33. The first-order valence-corrected chi connectivity index (χ1v) is 7.31. The zero-order valence-electron chi connectivity index (χ0n) is 11.9. The SMILES string of the molecule is Cn1ncc(N2CCN(c3ccccc3)CC2)c(Cl)c1=O. The molecule has 0 unspecified atom stereocenters. The number of para-hydroxylation sites is 1. The van der Waals surface area contributed by atoms with Gasteiger partial charge in [0.1, 0.15) is 5.02 Å². The summed E-state index contributed by atoms with van der Waals surface area (Å²) in [5.41, 5.74) is 1.71. The molecular formula is C15H17ClN4O. The van der Waals surface area contributed by atoms with Crippen LogP contribution in [0.4, 0.5) is 11.4 Å². The van der Waals surface area contributed by atoms with Gasteiger partial charge in [-0.3, -0.25) is 4.79 Å². The van der Waals surface area contributed by atoms with Crippen LogP contribution in [-0.4, -0.2) is 36.0 Å². The van der Waals surface area contributed by atoms with Crippen molar-refractivity contribution in [1.29, 1.82) is 0 Å². The van der Waals surface area contributed by atoms with Crippen LogP contribution in [0.2, 0.25) is 5.02 Å². The number of anilines is 2. The Labute approximate surface area is 128 Å². The van der Waals surface area contributed by atoms with Crippen molar-refractivity contribution >= 4 is 23.0 Å². The third-order valence-corrected chi connectivity index (χ3v) is 4.16. The minimum absolute atomic E-state index is 0.250. The lowest BCUT2D eigenvalue weighted by atomic mass is 10.2. The minimum Gasteiger partial charge on any atom is -0.368 e. The predicted molar refractivity (Wildman–Crippen MR) is 85.4 cm³/mol. The van der Waals surface area contributed by atoms with E-state index in [0.717, 1.165) is 31.9 Å². The molecule has 110 valence electrons. The van der Waals surface area contributed by atoms with Gasteiger partial charge in [-0.2, -0.15) is 5.10 Å². The molecule has 0 amide bonds. The van der Waals surface area contributed by atoms with Crippen molar-refractivity contribution in [1.82, 2.24) is 9.78 Å². The third-order valence-electron chi connectivity index (χ3n) is 3.80. The normalized spacial score (nSPS) is 15.3. The number of aromatic nitrogens is 2. The number of piperazine rings is 1. The highest BCUT2D eigenvalue weighted by atomic mass is 35.5. The number of nitrogens with zero attached hydrogens (tertiary/aromatic N) is 4. The summed E-state index contributed by atoms with van der Waals surface area (Å²) in [6.45, 7) is 3.44. The van der Waals surface area contributed by atoms with Crippen LogP contribution in [0, 0.1) is 0 Å². The van der Waals surface area contributed by atoms with E-state index >= 15 is 0 Å². The Morgan fingerprint density at radius 1 is 1.05 bits per heavy atom. The Kier molecular flexibility index (Phi) is 3.84. The monoisotopic (exact) mass is 304 g/mol. The first-order valence-electron chi connectivity index (χ1n) is 6.93. The molecule has 1 aliphatic heterocycles. The lowest BCUT2D eigenvalue weighted by Crippen LogP contribution is -2.47. The van der Waals surface area contributed by atoms with Crippen LogP contribution in [0.5, 0.6) is 0 Å². The van der Waals surface area contributed by atoms with Crippen LogP contribution in [-0.2, 0) is 7.05 Å². The molecule has 3 rings (SSSR count). The van der Waals surface area contributed by atoms with Gasteiger partial charge in [0.05, 0.1) is 11.9 Å². The smallest absolute Gasteiger partial charge is 0.287 e. The average Bonchev–Trinajstić information content (AvgIpc) is 2.54. The number of aryl methyl sites for hydroxylation is 1. The van der Waals surface area contributed by atoms with E-state index in [4.69, 9.17) is 11.6 Å². The first kappa shape index (κ1) is 13.9. The van der Waals surface area contributed by atoms with Crippen molar-refractivity contribution in [2.45, 2.75) is 0 Å². The second-order valence-corrected chi connectivity index (χ2v) is 5.46. The van der Waals surface area contributed by atoms with Gasteiger partial charge in [-0.15, -0.1) is 0 Å². The Bertz CT molecular complexity index is 678. The topological polar surface area (TPSA) is 41.4 Å². The molecule has 0 aliphatic carbocycles. The van der Waals surface area contributed by atoms with Crippen molar-refractivity contribution < 1.29 is 0 Å². The second-order valence-electron chi connectivity index (χ2n) is 5.08. The molecule has 2 aromatic rings. The maximum Gasteiger partial charge on any atom is 0.287 e. The molecule has 1 aliphatic rings. The molecule has 1 fully saturated rings. The molecule has 0 bridgehead atoms. The van der Waals surface area contributed by atoms with E-state index in [2.05, 4.69) is 27.0 Å². The van der Waals surface area contributed by atoms with Crippen molar-refractivity contribution in [3.05, 3.63) is 51.9 Å². The summed E-state index contributed by atoms with van der Waals surface area (Å²) in [7, 11) is 1.60. The van der Waals surface area contributed by atoms with Crippen LogP contribution in [0.3, 0.4) is 0 Å². The molecule has 1 aromatic carbocycles. The molecule has 1 saturated heterocycles. The molecule has 0 saturated carbocycles. The van der Waals surface area contributed by atoms with Gasteiger partial charge in [-0.05, 0) is 12.1 Å². The lowest BCUT2D eigenvalue weighted by molar-refractivity contribution is 0.643. The minimum atomic E-state index is -0.250. The third kappa shape index (κ3) is 2.74. The summed E-state index contributed by atoms with van der Waals surface area (Å²) in [6, 6.07) is 10.3. The summed E-state index contributed by atoms with van der Waals surface area (Å²) >= 11 is 6.16. The van der Waals surface area contributed by atoms with Crippen LogP contribution < -0.4 is 15.4 Å². The Morgan fingerprint density at radius 3 is 2.33 bits per heavy atom. The summed E-state index contributed by atoms with van der Waals surface area (Å²) < 4.78 is 1.26. The van der Waals surface area contributed by atoms with E-state index in [1.54, 1.807) is 13.2 Å². The summed E-state index contributed by atoms with van der Waals surface area (Å²) in [4.78, 5) is 16.3. The highest BCUT2D eigenvalue weighted by Crippen LogP contribution is 2.23. The summed E-state index contributed by atoms with van der Waals surface area (Å²) in [5.74, 6) is 0. The summed E-state index contributed by atoms with van der Waals surface area (Å²) in [6.07, 6.45) is 1.67. The molecule has 5 nitrogen and oxygen atoms in total. The first-order chi connectivity index (χ1) is 10.2. The molecule has 21 heavy (non-hydrogen) atoms. The molecule has 0 N–H and O–H groups in total. The molecule has 1 aromatic heterocycles. The van der Waals surface area contributed by atoms with E-state index in [1.165, 1.54) is 10.4 Å². The van der Waals surface area contributed by atoms with E-state index in [9.17, 15) is 4.79 Å². The predicted octanol–water partition coefficient (Wildman–Crippen LogP) is 1.76. The van der Waals surface area contributed by atoms with Crippen molar-refractivity contribution in [3.8, 4) is 0 Å². The van der Waals surface area contributed by atoms with Gasteiger partial charge in [-0.25, -0.2) is 4.68 Å². The average molecular weight is 305 g/mol. The number of rotatable bonds is 2. The number of hydrogen-bond acceptors (Lipinski definition) is 4. The van der Waals surface area contributed by atoms with E-state index in [1.807, 2.05) is 18.2 Å². The fourth-order valence-corrected chi connectivity index (χ4v) is 2.86.